The summed E-state index contributed by atoms with van der Waals surface area (Å²) in [4.78, 5) is 23.9. The molecule has 8 nitrogen and oxygen atoms in total. The molecule has 0 fully saturated rings. The monoisotopic (exact) mass is 598 g/mol. The van der Waals surface area contributed by atoms with Gasteiger partial charge in [0, 0.05) is 34.1 Å². The molecule has 0 aliphatic carbocycles. The summed E-state index contributed by atoms with van der Waals surface area (Å²) in [6.07, 6.45) is 0.00255. The minimum atomic E-state index is -1.49. The summed E-state index contributed by atoms with van der Waals surface area (Å²) in [5.41, 5.74) is 5.63. The first-order chi connectivity index (χ1) is 14.1. The third kappa shape index (κ3) is 7.48. The standard InChI is InChI=1S/C20H22Br2N2O6.Fe/c21-14-1-3-16(25)12(5-14)7-20(11-23,24(9-18(27)28)10-19(29)30)8-13-6-15(22)2-4-17(13)26;/h1-6,25-26H,7-11,23H2,(H,27,28)(H,29,30);/q;+2/p-2. The van der Waals surface area contributed by atoms with E-state index in [0.29, 0.717) is 20.1 Å². The van der Waals surface area contributed by atoms with Gasteiger partial charge in [0.05, 0.1) is 11.9 Å². The van der Waals surface area contributed by atoms with Crippen molar-refractivity contribution in [1.82, 2.24) is 4.90 Å². The fourth-order valence-electron chi connectivity index (χ4n) is 3.36. The molecule has 0 radical (unpaired) electrons. The van der Waals surface area contributed by atoms with E-state index in [0.717, 1.165) is 4.90 Å². The van der Waals surface area contributed by atoms with Gasteiger partial charge in [0.15, 0.2) is 0 Å². The molecular formula is C20H20Br2FeN2O6. The molecule has 0 aliphatic rings. The van der Waals surface area contributed by atoms with Crippen LogP contribution in [0.5, 0.6) is 11.5 Å². The first kappa shape index (κ1) is 27.4. The first-order valence-electron chi connectivity index (χ1n) is 8.86. The number of hydrogen-bond acceptors (Lipinski definition) is 8. The fraction of sp³-hybridized carbons (Fsp3) is 0.300. The Labute approximate surface area is 206 Å². The molecule has 0 spiro atoms. The van der Waals surface area contributed by atoms with Gasteiger partial charge in [0.25, 0.3) is 0 Å². The van der Waals surface area contributed by atoms with Crippen molar-refractivity contribution in [2.75, 3.05) is 19.6 Å². The van der Waals surface area contributed by atoms with Gasteiger partial charge in [-0.25, -0.2) is 0 Å². The molecule has 4 N–H and O–H groups in total. The van der Waals surface area contributed by atoms with Gasteiger partial charge in [-0.1, -0.05) is 31.9 Å². The first-order valence-corrected chi connectivity index (χ1v) is 10.4. The number of carbonyl (C=O) groups excluding carboxylic acids is 2. The van der Waals surface area contributed by atoms with Gasteiger partial charge in [-0.2, -0.15) is 0 Å². The molecule has 2 rings (SSSR count). The van der Waals surface area contributed by atoms with Crippen LogP contribution in [0.1, 0.15) is 11.1 Å². The van der Waals surface area contributed by atoms with Gasteiger partial charge in [-0.15, -0.1) is 0 Å². The maximum absolute atomic E-state index is 11.4. The Morgan fingerprint density at radius 1 is 0.903 bits per heavy atom. The Kier molecular flexibility index (Phi) is 10.5. The van der Waals surface area contributed by atoms with Crippen LogP contribution in [-0.4, -0.2) is 52.2 Å². The van der Waals surface area contributed by atoms with E-state index in [1.54, 1.807) is 24.3 Å². The van der Waals surface area contributed by atoms with Crippen molar-refractivity contribution in [2.24, 2.45) is 5.73 Å². The van der Waals surface area contributed by atoms with Gasteiger partial charge in [-0.3, -0.25) is 4.90 Å². The van der Waals surface area contributed by atoms with Gasteiger partial charge in [0.1, 0.15) is 11.5 Å². The molecule has 0 heterocycles. The van der Waals surface area contributed by atoms with Crippen LogP contribution in [0.15, 0.2) is 45.3 Å². The smallest absolute Gasteiger partial charge is 0.549 e. The van der Waals surface area contributed by atoms with E-state index >= 15 is 0 Å². The summed E-state index contributed by atoms with van der Waals surface area (Å²) in [5, 5.41) is 43.4. The van der Waals surface area contributed by atoms with Crippen molar-refractivity contribution in [3.63, 3.8) is 0 Å². The number of hydrogen-bond donors (Lipinski definition) is 3. The van der Waals surface area contributed by atoms with Crippen LogP contribution in [-0.2, 0) is 39.5 Å². The fourth-order valence-corrected chi connectivity index (χ4v) is 4.18. The van der Waals surface area contributed by atoms with E-state index in [1.165, 1.54) is 12.1 Å². The average molecular weight is 600 g/mol. The summed E-state index contributed by atoms with van der Waals surface area (Å²) in [7, 11) is 0. The topological polar surface area (TPSA) is 150 Å². The molecule has 0 atom stereocenters. The molecule has 0 saturated heterocycles. The number of aromatic hydroxyl groups is 2. The molecule has 0 saturated carbocycles. The average Bonchev–Trinajstić information content (AvgIpc) is 2.65. The zero-order valence-corrected chi connectivity index (χ0v) is 20.4. The van der Waals surface area contributed by atoms with Crippen LogP contribution in [0.2, 0.25) is 0 Å². The zero-order valence-electron chi connectivity index (χ0n) is 16.2. The van der Waals surface area contributed by atoms with Crippen molar-refractivity contribution in [3.05, 3.63) is 56.5 Å². The van der Waals surface area contributed by atoms with Crippen molar-refractivity contribution < 1.29 is 47.1 Å². The number of phenols is 2. The SMILES string of the molecule is NCC(Cc1cc(Br)ccc1O)(Cc1cc(Br)ccc1O)N(CC(=O)[O-])CC(=O)[O-].[Fe+2]. The molecule has 0 aliphatic heterocycles. The van der Waals surface area contributed by atoms with Crippen LogP contribution in [0.25, 0.3) is 0 Å². The molecule has 0 amide bonds. The summed E-state index contributed by atoms with van der Waals surface area (Å²) in [6, 6.07) is 9.44. The van der Waals surface area contributed by atoms with E-state index in [-0.39, 0.29) is 48.0 Å². The van der Waals surface area contributed by atoms with Crippen LogP contribution in [0.3, 0.4) is 0 Å². The molecule has 168 valence electrons. The second-order valence-corrected chi connectivity index (χ2v) is 8.76. The quantitative estimate of drug-likeness (QED) is 0.321. The second-order valence-electron chi connectivity index (χ2n) is 6.93. The summed E-state index contributed by atoms with van der Waals surface area (Å²) in [5.74, 6) is -3.11. The molecule has 11 heteroatoms. The third-order valence-electron chi connectivity index (χ3n) is 4.81. The molecule has 2 aromatic carbocycles. The normalized spacial score (nSPS) is 11.2. The molecule has 0 unspecified atom stereocenters. The van der Waals surface area contributed by atoms with Crippen molar-refractivity contribution in [1.29, 1.82) is 0 Å². The van der Waals surface area contributed by atoms with Crippen molar-refractivity contribution >= 4 is 43.8 Å². The number of halogens is 2. The summed E-state index contributed by atoms with van der Waals surface area (Å²) >= 11 is 6.64. The Morgan fingerprint density at radius 2 is 1.29 bits per heavy atom. The number of nitrogens with two attached hydrogens (primary N) is 1. The maximum atomic E-state index is 11.4. The molecule has 31 heavy (non-hydrogen) atoms. The predicted octanol–water partition coefficient (Wildman–Crippen LogP) is -0.0952. The summed E-state index contributed by atoms with van der Waals surface area (Å²) < 4.78 is 1.33. The molecular weight excluding hydrogens is 580 g/mol. The van der Waals surface area contributed by atoms with E-state index < -0.39 is 30.6 Å². The molecule has 2 aromatic rings. The van der Waals surface area contributed by atoms with E-state index in [9.17, 15) is 30.0 Å². The van der Waals surface area contributed by atoms with Crippen molar-refractivity contribution in [2.45, 2.75) is 18.4 Å². The van der Waals surface area contributed by atoms with Gasteiger partial charge < -0.3 is 35.7 Å². The predicted molar refractivity (Wildman–Crippen MR) is 112 cm³/mol. The Bertz CT molecular complexity index is 874. The molecule has 0 bridgehead atoms. The minimum Gasteiger partial charge on any atom is -0.549 e. The minimum absolute atomic E-state index is 0. The molecule has 0 aromatic heterocycles. The van der Waals surface area contributed by atoms with E-state index in [2.05, 4.69) is 31.9 Å². The van der Waals surface area contributed by atoms with Gasteiger partial charge >= 0.3 is 17.1 Å². The van der Waals surface area contributed by atoms with Crippen LogP contribution in [0, 0.1) is 0 Å². The largest absolute Gasteiger partial charge is 2.00 e. The maximum Gasteiger partial charge on any atom is 2.00 e. The number of carboxylic acids is 2. The Morgan fingerprint density at radius 3 is 1.61 bits per heavy atom. The number of benzene rings is 2. The van der Waals surface area contributed by atoms with Gasteiger partial charge in [0.2, 0.25) is 0 Å². The second kappa shape index (κ2) is 11.8. The zero-order chi connectivity index (χ0) is 22.5. The summed E-state index contributed by atoms with van der Waals surface area (Å²) in [6.45, 7) is -1.63. The van der Waals surface area contributed by atoms with Crippen molar-refractivity contribution in [3.8, 4) is 11.5 Å². The number of carboxylic acid groups (broad SMARTS) is 2. The number of phenolic OH excluding ortho intramolecular Hbond substituents is 2. The Hall–Kier alpha value is -1.62. The number of carbonyl (C=O) groups is 2. The number of rotatable bonds is 10. The number of nitrogens with zero attached hydrogens (tertiary/aromatic N) is 1. The van der Waals surface area contributed by atoms with Crippen LogP contribution < -0.4 is 15.9 Å². The van der Waals surface area contributed by atoms with E-state index in [4.69, 9.17) is 5.73 Å². The number of aliphatic carboxylic acids is 2. The van der Waals surface area contributed by atoms with Crippen LogP contribution >= 0.6 is 31.9 Å². The third-order valence-corrected chi connectivity index (χ3v) is 5.80. The van der Waals surface area contributed by atoms with Crippen LogP contribution in [0.4, 0.5) is 0 Å². The Balaban J connectivity index is 0.00000480. The van der Waals surface area contributed by atoms with E-state index in [1.807, 2.05) is 0 Å². The van der Waals surface area contributed by atoms with Gasteiger partial charge in [-0.05, 0) is 60.4 Å².